The molecule has 4 aromatic carbocycles. The van der Waals surface area contributed by atoms with Gasteiger partial charge in [-0.1, -0.05) is 30.3 Å². The van der Waals surface area contributed by atoms with Gasteiger partial charge < -0.3 is 44.3 Å². The normalized spacial score (nSPS) is 25.7. The predicted molar refractivity (Wildman–Crippen MR) is 324 cm³/mol. The van der Waals surface area contributed by atoms with Gasteiger partial charge in [0.15, 0.2) is 0 Å². The number of morpholine rings is 1. The fourth-order valence-corrected chi connectivity index (χ4v) is 15.7. The molecule has 4 N–H and O–H groups in total. The zero-order chi connectivity index (χ0) is 58.8. The van der Waals surface area contributed by atoms with Crippen LogP contribution in [0.1, 0.15) is 105 Å². The summed E-state index contributed by atoms with van der Waals surface area (Å²) < 4.78 is 64.8. The molecule has 6 fully saturated rings. The van der Waals surface area contributed by atoms with Crippen LogP contribution < -0.4 is 29.5 Å². The Morgan fingerprint density at radius 1 is 0.894 bits per heavy atom. The molecular weight excluding hydrogens is 1100 g/mol. The van der Waals surface area contributed by atoms with Crippen molar-refractivity contribution in [3.05, 3.63) is 135 Å². The number of rotatable bonds is 14. The summed E-state index contributed by atoms with van der Waals surface area (Å²) in [6.07, 6.45) is 8.83. The number of piperidine rings is 1. The van der Waals surface area contributed by atoms with Crippen LogP contribution in [0.5, 0.6) is 5.88 Å². The molecule has 0 unspecified atom stereocenters. The summed E-state index contributed by atoms with van der Waals surface area (Å²) in [6, 6.07) is 28.0. The number of halogens is 1. The Kier molecular flexibility index (Phi) is 15.5. The Hall–Kier alpha value is -6.88. The third-order valence-electron chi connectivity index (χ3n) is 19.7. The number of sulfonamides is 1. The fourth-order valence-electron chi connectivity index (χ4n) is 14.8. The molecule has 4 saturated heterocycles. The third-order valence-corrected chi connectivity index (χ3v) is 21.0. The molecule has 0 radical (unpaired) electrons. The van der Waals surface area contributed by atoms with Crippen molar-refractivity contribution < 1.29 is 41.8 Å². The smallest absolute Gasteiger partial charge is 0.293 e. The van der Waals surface area contributed by atoms with E-state index in [9.17, 15) is 28.4 Å². The maximum atomic E-state index is 15.8. The van der Waals surface area contributed by atoms with E-state index in [1.165, 1.54) is 23.3 Å². The Morgan fingerprint density at radius 2 is 1.69 bits per heavy atom. The zero-order valence-electron chi connectivity index (χ0n) is 48.7. The lowest BCUT2D eigenvalue weighted by atomic mass is 9.59. The number of fused-ring (bicyclic) bond motifs is 3. The van der Waals surface area contributed by atoms with Crippen LogP contribution >= 0.6 is 0 Å². The number of nitro groups is 1. The SMILES string of the molecule is Cc1ccccc1[C@@H]1CN(Cc2ccc(N3CCOC[C@H]3C)c(F)c2)CCN1C1CC2(CCN(c3ccc(C(=O)NS(=O)(=O)c4ccc(NC[C@H]5CC[C@](C)(O)CC5)c([N+](=O)[O-])c4)c(N4c5cc6cc[nH]c6nc5O[C@H]5COCC[C@@H]54)c3)CC2)C1. The van der Waals surface area contributed by atoms with Crippen LogP contribution in [0.2, 0.25) is 0 Å². The van der Waals surface area contributed by atoms with Crippen molar-refractivity contribution in [1.29, 1.82) is 0 Å². The van der Waals surface area contributed by atoms with Crippen molar-refractivity contribution >= 4 is 61.1 Å². The van der Waals surface area contributed by atoms with Crippen LogP contribution in [0.15, 0.2) is 102 Å². The molecule has 19 nitrogen and oxygen atoms in total. The number of H-pyrrole nitrogens is 1. The molecular formula is C64H77FN10O9S. The minimum atomic E-state index is -4.65. The van der Waals surface area contributed by atoms with E-state index in [0.717, 1.165) is 94.0 Å². The first-order valence-electron chi connectivity index (χ1n) is 30.4. The number of aromatic amines is 1. The van der Waals surface area contributed by atoms with Crippen LogP contribution in [-0.2, 0) is 26.0 Å². The summed E-state index contributed by atoms with van der Waals surface area (Å²) in [5.74, 6) is -0.535. The van der Waals surface area contributed by atoms with Crippen molar-refractivity contribution in [2.75, 3.05) is 92.3 Å². The van der Waals surface area contributed by atoms with Crippen molar-refractivity contribution in [2.45, 2.75) is 126 Å². The lowest BCUT2D eigenvalue weighted by molar-refractivity contribution is -0.384. The van der Waals surface area contributed by atoms with E-state index in [1.54, 1.807) is 18.3 Å². The van der Waals surface area contributed by atoms with Gasteiger partial charge in [-0.05, 0) is 161 Å². The quantitative estimate of drug-likeness (QED) is 0.0591. The Bertz CT molecular complexity index is 3600. The molecule has 1 amide bonds. The molecule has 2 saturated carbocycles. The molecule has 1 spiro atoms. The van der Waals surface area contributed by atoms with Crippen LogP contribution in [0.4, 0.5) is 38.5 Å². The molecule has 0 bridgehead atoms. The third kappa shape index (κ3) is 11.5. The number of pyridine rings is 1. The molecule has 6 aromatic rings. The second-order valence-electron chi connectivity index (χ2n) is 25.4. The number of ether oxygens (including phenoxy) is 3. The predicted octanol–water partition coefficient (Wildman–Crippen LogP) is 9.61. The minimum Gasteiger partial charge on any atom is -0.468 e. The molecule has 85 heavy (non-hydrogen) atoms. The Balaban J connectivity index is 0.734. The Labute approximate surface area is 496 Å². The number of hydrogen-bond acceptors (Lipinski definition) is 16. The average molecular weight is 1180 g/mol. The molecule has 21 heteroatoms. The number of benzene rings is 4. The number of aromatic nitrogens is 2. The van der Waals surface area contributed by atoms with Gasteiger partial charge in [-0.3, -0.25) is 24.7 Å². The van der Waals surface area contributed by atoms with E-state index < -0.39 is 43.1 Å². The highest BCUT2D eigenvalue weighted by atomic mass is 32.2. The highest BCUT2D eigenvalue weighted by Gasteiger charge is 2.50. The van der Waals surface area contributed by atoms with Crippen molar-refractivity contribution in [3.8, 4) is 5.88 Å². The lowest BCUT2D eigenvalue weighted by Gasteiger charge is -2.58. The highest BCUT2D eigenvalue weighted by Crippen LogP contribution is 2.54. The van der Waals surface area contributed by atoms with Gasteiger partial charge in [0.05, 0.1) is 58.2 Å². The van der Waals surface area contributed by atoms with Gasteiger partial charge in [0.1, 0.15) is 28.9 Å². The standard InChI is InChI=1S/C64H77FN10O9S/c1-41-6-4-5-7-49(41)58-38-70(37-44-8-13-53(51(65)30-44)72-27-29-83-39-42(72)2)25-26-73(58)47-34-64(35-47)20-23-71(24-21-64)46-9-11-50(55(32-46)74-54-17-28-82-40-59(54)84-62-57(74)31-45-16-22-66-60(45)68-62)61(76)69-85(80,81)48-10-12-52(56(33-48)75(78)79)67-36-43-14-18-63(3,77)19-15-43/h4-13,16,22,30-33,42-43,47,54,58-59,67,77H,14-15,17-21,23-29,34-40H2,1-3H3,(H,66,68)(H,69,76)/t42-,43-,54+,58+,59+,63-/m1/s1. The summed E-state index contributed by atoms with van der Waals surface area (Å²) >= 11 is 0. The van der Waals surface area contributed by atoms with Crippen LogP contribution in [0.25, 0.3) is 11.0 Å². The van der Waals surface area contributed by atoms with Gasteiger partial charge in [0, 0.05) is 100 Å². The van der Waals surface area contributed by atoms with Crippen LogP contribution in [-0.4, -0.2) is 146 Å². The molecule has 7 aliphatic rings. The zero-order valence-corrected chi connectivity index (χ0v) is 49.5. The minimum absolute atomic E-state index is 0.0981. The number of aliphatic hydroxyl groups is 1. The van der Waals surface area contributed by atoms with Crippen molar-refractivity contribution in [2.24, 2.45) is 11.3 Å². The van der Waals surface area contributed by atoms with E-state index in [4.69, 9.17) is 19.2 Å². The number of nitro benzene ring substituents is 1. The van der Waals surface area contributed by atoms with Gasteiger partial charge in [-0.2, -0.15) is 4.98 Å². The number of piperazine rings is 1. The van der Waals surface area contributed by atoms with Gasteiger partial charge in [0.2, 0.25) is 5.88 Å². The molecule has 2 aromatic heterocycles. The first kappa shape index (κ1) is 57.2. The monoisotopic (exact) mass is 1180 g/mol. The fraction of sp³-hybridized carbons (Fsp3) is 0.500. The molecule has 13 rings (SSSR count). The lowest BCUT2D eigenvalue weighted by Crippen LogP contribution is -2.59. The Morgan fingerprint density at radius 3 is 2.47 bits per heavy atom. The van der Waals surface area contributed by atoms with Crippen molar-refractivity contribution in [1.82, 2.24) is 24.5 Å². The second-order valence-corrected chi connectivity index (χ2v) is 27.1. The molecule has 450 valence electrons. The summed E-state index contributed by atoms with van der Waals surface area (Å²) in [4.78, 5) is 46.1. The summed E-state index contributed by atoms with van der Waals surface area (Å²) in [5, 5.41) is 26.9. The number of carbonyl (C=O) groups is 1. The van der Waals surface area contributed by atoms with E-state index in [2.05, 4.69) is 83.7 Å². The summed E-state index contributed by atoms with van der Waals surface area (Å²) in [5.41, 5.74) is 6.16. The molecule has 7 heterocycles. The number of aryl methyl sites for hydroxylation is 1. The first-order chi connectivity index (χ1) is 41.0. The van der Waals surface area contributed by atoms with Crippen LogP contribution in [0, 0.1) is 34.2 Å². The van der Waals surface area contributed by atoms with Gasteiger partial charge in [-0.15, -0.1) is 0 Å². The van der Waals surface area contributed by atoms with Crippen molar-refractivity contribution in [3.63, 3.8) is 0 Å². The van der Waals surface area contributed by atoms with Crippen LogP contribution in [0.3, 0.4) is 0 Å². The van der Waals surface area contributed by atoms with Gasteiger partial charge in [-0.25, -0.2) is 17.5 Å². The second kappa shape index (κ2) is 23.1. The number of nitrogens with one attached hydrogen (secondary N) is 3. The number of carbonyl (C=O) groups excluding carboxylic acids is 1. The molecule has 2 aliphatic carbocycles. The summed E-state index contributed by atoms with van der Waals surface area (Å²) in [6.45, 7) is 14.0. The average Bonchev–Trinajstić information content (AvgIpc) is 3.86. The highest BCUT2D eigenvalue weighted by molar-refractivity contribution is 7.90. The maximum absolute atomic E-state index is 15.8. The number of hydrogen-bond donors (Lipinski definition) is 4. The van der Waals surface area contributed by atoms with Gasteiger partial charge in [0.25, 0.3) is 21.6 Å². The maximum Gasteiger partial charge on any atom is 0.293 e. The number of amides is 1. The summed E-state index contributed by atoms with van der Waals surface area (Å²) in [7, 11) is -4.65. The van der Waals surface area contributed by atoms with E-state index in [1.807, 2.05) is 37.3 Å². The first-order valence-corrected chi connectivity index (χ1v) is 31.8. The van der Waals surface area contributed by atoms with Gasteiger partial charge >= 0.3 is 0 Å². The molecule has 5 aliphatic heterocycles. The van der Waals surface area contributed by atoms with E-state index in [-0.39, 0.29) is 53.1 Å². The topological polar surface area (TPSA) is 211 Å². The van der Waals surface area contributed by atoms with E-state index in [0.29, 0.717) is 93.3 Å². The van der Waals surface area contributed by atoms with E-state index >= 15 is 4.39 Å². The molecule has 4 atom stereocenters. The largest absolute Gasteiger partial charge is 0.468 e. The number of nitrogens with zero attached hydrogens (tertiary/aromatic N) is 7. The number of anilines is 5.